The summed E-state index contributed by atoms with van der Waals surface area (Å²) in [4.78, 5) is 11.9. The molecular formula is C16H22N2O3S. The summed E-state index contributed by atoms with van der Waals surface area (Å²) in [7, 11) is -3.12. The Hall–Kier alpha value is -1.66. The first-order chi connectivity index (χ1) is 10.3. The Morgan fingerprint density at radius 1 is 1.23 bits per heavy atom. The van der Waals surface area contributed by atoms with Crippen molar-refractivity contribution in [3.05, 3.63) is 41.5 Å². The molecule has 1 saturated heterocycles. The molecule has 1 fully saturated rings. The van der Waals surface area contributed by atoms with E-state index >= 15 is 0 Å². The van der Waals surface area contributed by atoms with Crippen LogP contribution in [-0.2, 0) is 14.8 Å². The summed E-state index contributed by atoms with van der Waals surface area (Å²) >= 11 is 0. The lowest BCUT2D eigenvalue weighted by molar-refractivity contribution is -0.117. The molecule has 0 aliphatic carbocycles. The highest BCUT2D eigenvalue weighted by Crippen LogP contribution is 2.13. The second kappa shape index (κ2) is 7.07. The average molecular weight is 322 g/mol. The molecule has 120 valence electrons. The van der Waals surface area contributed by atoms with Crippen LogP contribution in [0.25, 0.3) is 6.08 Å². The lowest BCUT2D eigenvalue weighted by atomic mass is 10.1. The number of benzene rings is 1. The number of nitrogens with one attached hydrogen (secondary N) is 1. The fraction of sp³-hybridized carbons (Fsp3) is 0.438. The van der Waals surface area contributed by atoms with Crippen molar-refractivity contribution >= 4 is 22.0 Å². The molecule has 22 heavy (non-hydrogen) atoms. The van der Waals surface area contributed by atoms with Crippen LogP contribution >= 0.6 is 0 Å². The Balaban J connectivity index is 1.82. The van der Waals surface area contributed by atoms with Gasteiger partial charge in [0, 0.05) is 25.2 Å². The van der Waals surface area contributed by atoms with Crippen molar-refractivity contribution in [1.29, 1.82) is 0 Å². The van der Waals surface area contributed by atoms with Crippen molar-refractivity contribution < 1.29 is 13.2 Å². The highest BCUT2D eigenvalue weighted by molar-refractivity contribution is 7.88. The number of rotatable bonds is 4. The van der Waals surface area contributed by atoms with Gasteiger partial charge in [0.15, 0.2) is 0 Å². The van der Waals surface area contributed by atoms with Crippen LogP contribution in [0.3, 0.4) is 0 Å². The van der Waals surface area contributed by atoms with Crippen LogP contribution in [0.5, 0.6) is 0 Å². The van der Waals surface area contributed by atoms with Crippen molar-refractivity contribution in [2.45, 2.75) is 25.8 Å². The largest absolute Gasteiger partial charge is 0.350 e. The molecule has 1 amide bonds. The van der Waals surface area contributed by atoms with Gasteiger partial charge in [0.25, 0.3) is 0 Å². The van der Waals surface area contributed by atoms with Crippen LogP contribution in [0.2, 0.25) is 0 Å². The van der Waals surface area contributed by atoms with Crippen LogP contribution in [0.15, 0.2) is 30.3 Å². The maximum absolute atomic E-state index is 11.9. The second-order valence-corrected chi connectivity index (χ2v) is 7.67. The van der Waals surface area contributed by atoms with Crippen molar-refractivity contribution in [2.24, 2.45) is 0 Å². The number of carbonyl (C=O) groups excluding carboxylic acids is 1. The third-order valence-electron chi connectivity index (χ3n) is 3.77. The minimum atomic E-state index is -3.12. The predicted molar refractivity (Wildman–Crippen MR) is 87.8 cm³/mol. The van der Waals surface area contributed by atoms with Gasteiger partial charge in [-0.15, -0.1) is 0 Å². The summed E-state index contributed by atoms with van der Waals surface area (Å²) in [6.45, 7) is 2.94. The monoisotopic (exact) mass is 322 g/mol. The van der Waals surface area contributed by atoms with E-state index < -0.39 is 10.0 Å². The van der Waals surface area contributed by atoms with E-state index in [1.54, 1.807) is 6.08 Å². The van der Waals surface area contributed by atoms with Crippen molar-refractivity contribution in [3.63, 3.8) is 0 Å². The molecule has 0 spiro atoms. The van der Waals surface area contributed by atoms with E-state index in [9.17, 15) is 13.2 Å². The van der Waals surface area contributed by atoms with Gasteiger partial charge in [-0.1, -0.05) is 29.8 Å². The normalized spacial score (nSPS) is 17.7. The Morgan fingerprint density at radius 3 is 2.36 bits per heavy atom. The van der Waals surface area contributed by atoms with Gasteiger partial charge in [-0.25, -0.2) is 12.7 Å². The lowest BCUT2D eigenvalue weighted by Gasteiger charge is -2.30. The van der Waals surface area contributed by atoms with Crippen LogP contribution in [0, 0.1) is 6.92 Å². The zero-order valence-corrected chi connectivity index (χ0v) is 13.8. The standard InChI is InChI=1S/C16H22N2O3S/c1-13-3-5-14(6-4-13)7-8-16(19)17-15-9-11-18(12-10-15)22(2,20)21/h3-8,15H,9-12H2,1-2H3,(H,17,19)/b8-7+. The number of amides is 1. The number of sulfonamides is 1. The van der Waals surface area contributed by atoms with E-state index in [0.29, 0.717) is 25.9 Å². The maximum Gasteiger partial charge on any atom is 0.244 e. The number of nitrogens with zero attached hydrogens (tertiary/aromatic N) is 1. The Bertz CT molecular complexity index is 642. The molecule has 0 saturated carbocycles. The molecule has 1 aliphatic heterocycles. The lowest BCUT2D eigenvalue weighted by Crippen LogP contribution is -2.45. The molecule has 2 rings (SSSR count). The van der Waals surface area contributed by atoms with Gasteiger partial charge < -0.3 is 5.32 Å². The first kappa shape index (κ1) is 16.7. The van der Waals surface area contributed by atoms with E-state index in [0.717, 1.165) is 5.56 Å². The summed E-state index contributed by atoms with van der Waals surface area (Å²) in [6, 6.07) is 7.96. The van der Waals surface area contributed by atoms with Crippen molar-refractivity contribution in [2.75, 3.05) is 19.3 Å². The highest BCUT2D eigenvalue weighted by atomic mass is 32.2. The number of hydrogen-bond donors (Lipinski definition) is 1. The molecular weight excluding hydrogens is 300 g/mol. The number of aryl methyl sites for hydroxylation is 1. The van der Waals surface area contributed by atoms with Crippen LogP contribution < -0.4 is 5.32 Å². The molecule has 0 bridgehead atoms. The molecule has 0 unspecified atom stereocenters. The second-order valence-electron chi connectivity index (χ2n) is 5.69. The van der Waals surface area contributed by atoms with Crippen molar-refractivity contribution in [3.8, 4) is 0 Å². The fourth-order valence-electron chi connectivity index (χ4n) is 2.43. The summed E-state index contributed by atoms with van der Waals surface area (Å²) in [5, 5.41) is 2.93. The predicted octanol–water partition coefficient (Wildman–Crippen LogP) is 1.55. The maximum atomic E-state index is 11.9. The van der Waals surface area contributed by atoms with Gasteiger partial charge >= 0.3 is 0 Å². The molecule has 1 aliphatic rings. The summed E-state index contributed by atoms with van der Waals surface area (Å²) in [6.07, 6.45) is 5.82. The number of hydrogen-bond acceptors (Lipinski definition) is 3. The molecule has 1 aromatic rings. The molecule has 0 radical (unpaired) electrons. The first-order valence-electron chi connectivity index (χ1n) is 7.35. The molecule has 6 heteroatoms. The summed E-state index contributed by atoms with van der Waals surface area (Å²) < 4.78 is 24.3. The van der Waals surface area contributed by atoms with Gasteiger partial charge in [-0.2, -0.15) is 0 Å². The summed E-state index contributed by atoms with van der Waals surface area (Å²) in [5.74, 6) is -0.140. The van der Waals surface area contributed by atoms with Gasteiger partial charge in [-0.05, 0) is 31.4 Å². The average Bonchev–Trinajstić information content (AvgIpc) is 2.46. The number of carbonyl (C=O) groups is 1. The number of piperidine rings is 1. The van der Waals surface area contributed by atoms with E-state index in [2.05, 4.69) is 5.32 Å². The van der Waals surface area contributed by atoms with Crippen LogP contribution in [0.4, 0.5) is 0 Å². The van der Waals surface area contributed by atoms with Gasteiger partial charge in [-0.3, -0.25) is 4.79 Å². The zero-order valence-electron chi connectivity index (χ0n) is 13.0. The van der Waals surface area contributed by atoms with Gasteiger partial charge in [0.05, 0.1) is 6.26 Å². The quantitative estimate of drug-likeness (QED) is 0.855. The van der Waals surface area contributed by atoms with Crippen LogP contribution in [0.1, 0.15) is 24.0 Å². The highest BCUT2D eigenvalue weighted by Gasteiger charge is 2.25. The smallest absolute Gasteiger partial charge is 0.244 e. The van der Waals surface area contributed by atoms with E-state index in [-0.39, 0.29) is 11.9 Å². The molecule has 0 atom stereocenters. The first-order valence-corrected chi connectivity index (χ1v) is 9.20. The molecule has 1 heterocycles. The third-order valence-corrected chi connectivity index (χ3v) is 5.08. The molecule has 0 aromatic heterocycles. The topological polar surface area (TPSA) is 66.5 Å². The Labute approximate surface area is 132 Å². The van der Waals surface area contributed by atoms with Crippen LogP contribution in [-0.4, -0.2) is 44.0 Å². The molecule has 5 nitrogen and oxygen atoms in total. The van der Waals surface area contributed by atoms with Gasteiger partial charge in [0.2, 0.25) is 15.9 Å². The fourth-order valence-corrected chi connectivity index (χ4v) is 3.30. The molecule has 1 N–H and O–H groups in total. The Morgan fingerprint density at radius 2 is 1.82 bits per heavy atom. The minimum absolute atomic E-state index is 0.0353. The van der Waals surface area contributed by atoms with E-state index in [4.69, 9.17) is 0 Å². The zero-order chi connectivity index (χ0) is 16.2. The summed E-state index contributed by atoms with van der Waals surface area (Å²) in [5.41, 5.74) is 2.16. The third kappa shape index (κ3) is 4.96. The SMILES string of the molecule is Cc1ccc(/C=C/C(=O)NC2CCN(S(C)(=O)=O)CC2)cc1. The minimum Gasteiger partial charge on any atom is -0.350 e. The molecule has 1 aromatic carbocycles. The van der Waals surface area contributed by atoms with E-state index in [1.807, 2.05) is 31.2 Å². The van der Waals surface area contributed by atoms with Gasteiger partial charge in [0.1, 0.15) is 0 Å². The Kier molecular flexibility index (Phi) is 5.37. The van der Waals surface area contributed by atoms with Crippen molar-refractivity contribution in [1.82, 2.24) is 9.62 Å². The van der Waals surface area contributed by atoms with E-state index in [1.165, 1.54) is 22.2 Å².